The zero-order valence-electron chi connectivity index (χ0n) is 10.1. The van der Waals surface area contributed by atoms with Crippen LogP contribution in [-0.4, -0.2) is 21.7 Å². The van der Waals surface area contributed by atoms with Gasteiger partial charge in [-0.1, -0.05) is 18.2 Å². The highest BCUT2D eigenvalue weighted by Crippen LogP contribution is 2.17. The van der Waals surface area contributed by atoms with Crippen molar-refractivity contribution in [3.8, 4) is 11.5 Å². The number of hydrogen-bond acceptors (Lipinski definition) is 6. The molecule has 0 radical (unpaired) electrons. The SMILES string of the molecule is c1ccc(-c2nc(NCCc3cscn3)no2)cc1. The standard InChI is InChI=1S/C13H12N4OS/c1-2-4-10(5-3-1)12-16-13(17-18-12)14-7-6-11-8-19-9-15-11/h1-5,8-9H,6-7H2,(H,14,17). The Labute approximate surface area is 114 Å². The van der Waals surface area contributed by atoms with Gasteiger partial charge in [0, 0.05) is 23.9 Å². The molecule has 0 aliphatic rings. The van der Waals surface area contributed by atoms with Gasteiger partial charge in [0.15, 0.2) is 0 Å². The van der Waals surface area contributed by atoms with Gasteiger partial charge >= 0.3 is 0 Å². The molecule has 5 nitrogen and oxygen atoms in total. The summed E-state index contributed by atoms with van der Waals surface area (Å²) in [7, 11) is 0. The second kappa shape index (κ2) is 5.62. The maximum absolute atomic E-state index is 5.20. The van der Waals surface area contributed by atoms with Gasteiger partial charge in [-0.05, 0) is 17.3 Å². The number of rotatable bonds is 5. The van der Waals surface area contributed by atoms with Gasteiger partial charge in [-0.25, -0.2) is 4.98 Å². The maximum atomic E-state index is 5.20. The van der Waals surface area contributed by atoms with Crippen molar-refractivity contribution in [2.75, 3.05) is 11.9 Å². The highest BCUT2D eigenvalue weighted by Gasteiger charge is 2.07. The van der Waals surface area contributed by atoms with E-state index in [9.17, 15) is 0 Å². The normalized spacial score (nSPS) is 10.5. The van der Waals surface area contributed by atoms with Crippen LogP contribution in [0.1, 0.15) is 5.69 Å². The monoisotopic (exact) mass is 272 g/mol. The van der Waals surface area contributed by atoms with E-state index in [-0.39, 0.29) is 0 Å². The summed E-state index contributed by atoms with van der Waals surface area (Å²) in [6.07, 6.45) is 0.846. The topological polar surface area (TPSA) is 63.8 Å². The van der Waals surface area contributed by atoms with Crippen LogP contribution in [0.2, 0.25) is 0 Å². The summed E-state index contributed by atoms with van der Waals surface area (Å²) in [6.45, 7) is 0.734. The van der Waals surface area contributed by atoms with E-state index < -0.39 is 0 Å². The van der Waals surface area contributed by atoms with Crippen molar-refractivity contribution in [2.45, 2.75) is 6.42 Å². The van der Waals surface area contributed by atoms with Crippen molar-refractivity contribution in [1.82, 2.24) is 15.1 Å². The zero-order chi connectivity index (χ0) is 12.9. The maximum Gasteiger partial charge on any atom is 0.263 e. The molecule has 96 valence electrons. The number of nitrogens with zero attached hydrogens (tertiary/aromatic N) is 3. The smallest absolute Gasteiger partial charge is 0.263 e. The van der Waals surface area contributed by atoms with E-state index in [2.05, 4.69) is 20.4 Å². The molecule has 1 aromatic carbocycles. The lowest BCUT2D eigenvalue weighted by molar-refractivity contribution is 0.432. The Kier molecular flexibility index (Phi) is 3.51. The Hall–Kier alpha value is -2.21. The Morgan fingerprint density at radius 2 is 2.11 bits per heavy atom. The van der Waals surface area contributed by atoms with Gasteiger partial charge in [0.1, 0.15) is 0 Å². The highest BCUT2D eigenvalue weighted by atomic mass is 32.1. The molecule has 3 aromatic rings. The third-order valence-corrected chi connectivity index (χ3v) is 3.23. The van der Waals surface area contributed by atoms with E-state index in [4.69, 9.17) is 4.52 Å². The first-order chi connectivity index (χ1) is 9.42. The largest absolute Gasteiger partial charge is 0.351 e. The average molecular weight is 272 g/mol. The van der Waals surface area contributed by atoms with Crippen LogP contribution >= 0.6 is 11.3 Å². The lowest BCUT2D eigenvalue weighted by Crippen LogP contribution is -2.06. The van der Waals surface area contributed by atoms with Crippen LogP contribution in [0, 0.1) is 0 Å². The van der Waals surface area contributed by atoms with Crippen molar-refractivity contribution in [3.05, 3.63) is 46.9 Å². The van der Waals surface area contributed by atoms with E-state index in [0.29, 0.717) is 11.8 Å². The molecule has 0 saturated carbocycles. The number of nitrogens with one attached hydrogen (secondary N) is 1. The summed E-state index contributed by atoms with van der Waals surface area (Å²) in [5, 5.41) is 9.05. The fourth-order valence-corrected chi connectivity index (χ4v) is 2.25. The Balaban J connectivity index is 1.59. The molecule has 2 heterocycles. The van der Waals surface area contributed by atoms with Gasteiger partial charge in [-0.2, -0.15) is 4.98 Å². The van der Waals surface area contributed by atoms with Crippen molar-refractivity contribution in [1.29, 1.82) is 0 Å². The molecule has 0 bridgehead atoms. The molecule has 6 heteroatoms. The predicted octanol–water partition coefficient (Wildman–Crippen LogP) is 2.85. The van der Waals surface area contributed by atoms with Crippen molar-refractivity contribution < 1.29 is 4.52 Å². The number of thiazole rings is 1. The van der Waals surface area contributed by atoms with Crippen molar-refractivity contribution in [3.63, 3.8) is 0 Å². The molecule has 19 heavy (non-hydrogen) atoms. The van der Waals surface area contributed by atoms with Crippen LogP contribution in [-0.2, 0) is 6.42 Å². The van der Waals surface area contributed by atoms with Crippen LogP contribution in [0.15, 0.2) is 45.7 Å². The molecule has 0 aliphatic heterocycles. The first kappa shape index (κ1) is 11.9. The quantitative estimate of drug-likeness (QED) is 0.773. The summed E-state index contributed by atoms with van der Waals surface area (Å²) in [5.41, 5.74) is 3.82. The van der Waals surface area contributed by atoms with Crippen LogP contribution in [0.3, 0.4) is 0 Å². The third-order valence-electron chi connectivity index (χ3n) is 2.59. The molecule has 2 aromatic heterocycles. The fraction of sp³-hybridized carbons (Fsp3) is 0.154. The molecule has 0 atom stereocenters. The lowest BCUT2D eigenvalue weighted by Gasteiger charge is -1.97. The molecular weight excluding hydrogens is 260 g/mol. The van der Waals surface area contributed by atoms with E-state index >= 15 is 0 Å². The summed E-state index contributed by atoms with van der Waals surface area (Å²) in [5.74, 6) is 1.03. The van der Waals surface area contributed by atoms with E-state index in [1.54, 1.807) is 11.3 Å². The minimum absolute atomic E-state index is 0.508. The fourth-order valence-electron chi connectivity index (χ4n) is 1.66. The van der Waals surface area contributed by atoms with Gasteiger partial charge in [0.05, 0.1) is 11.2 Å². The number of hydrogen-bond donors (Lipinski definition) is 1. The molecule has 0 unspecified atom stereocenters. The van der Waals surface area contributed by atoms with E-state index in [0.717, 1.165) is 24.2 Å². The first-order valence-corrected chi connectivity index (χ1v) is 6.86. The second-order valence-electron chi connectivity index (χ2n) is 3.95. The van der Waals surface area contributed by atoms with Gasteiger partial charge in [-0.15, -0.1) is 11.3 Å². The summed E-state index contributed by atoms with van der Waals surface area (Å²) >= 11 is 1.60. The van der Waals surface area contributed by atoms with Crippen LogP contribution < -0.4 is 5.32 Å². The third kappa shape index (κ3) is 2.97. The Bertz CT molecular complexity index is 621. The molecule has 0 aliphatic carbocycles. The number of anilines is 1. The zero-order valence-corrected chi connectivity index (χ0v) is 10.9. The van der Waals surface area contributed by atoms with Crippen LogP contribution in [0.4, 0.5) is 5.95 Å². The van der Waals surface area contributed by atoms with Crippen LogP contribution in [0.25, 0.3) is 11.5 Å². The van der Waals surface area contributed by atoms with E-state index in [1.165, 1.54) is 0 Å². The molecule has 3 rings (SSSR count). The average Bonchev–Trinajstić information content (AvgIpc) is 3.11. The van der Waals surface area contributed by atoms with Crippen LogP contribution in [0.5, 0.6) is 0 Å². The predicted molar refractivity (Wildman–Crippen MR) is 74.0 cm³/mol. The van der Waals surface area contributed by atoms with Gasteiger partial charge in [0.25, 0.3) is 11.8 Å². The Morgan fingerprint density at radius 3 is 2.89 bits per heavy atom. The van der Waals surface area contributed by atoms with Gasteiger partial charge in [0.2, 0.25) is 0 Å². The number of aromatic nitrogens is 3. The molecule has 1 N–H and O–H groups in total. The number of benzene rings is 1. The highest BCUT2D eigenvalue weighted by molar-refractivity contribution is 7.07. The molecule has 0 saturated heterocycles. The summed E-state index contributed by atoms with van der Waals surface area (Å²) < 4.78 is 5.20. The molecular formula is C13H12N4OS. The molecule has 0 fully saturated rings. The van der Waals surface area contributed by atoms with Crippen molar-refractivity contribution in [2.24, 2.45) is 0 Å². The first-order valence-electron chi connectivity index (χ1n) is 5.92. The van der Waals surface area contributed by atoms with Gasteiger partial charge < -0.3 is 9.84 Å². The minimum atomic E-state index is 0.508. The minimum Gasteiger partial charge on any atom is -0.351 e. The summed E-state index contributed by atoms with van der Waals surface area (Å²) in [4.78, 5) is 8.51. The second-order valence-corrected chi connectivity index (χ2v) is 4.66. The molecule has 0 amide bonds. The van der Waals surface area contributed by atoms with Gasteiger partial charge in [-0.3, -0.25) is 0 Å². The van der Waals surface area contributed by atoms with E-state index in [1.807, 2.05) is 41.2 Å². The molecule has 0 spiro atoms. The Morgan fingerprint density at radius 1 is 1.21 bits per heavy atom. The summed E-state index contributed by atoms with van der Waals surface area (Å²) in [6, 6.07) is 9.70. The van der Waals surface area contributed by atoms with Crippen molar-refractivity contribution >= 4 is 17.3 Å². The lowest BCUT2D eigenvalue weighted by atomic mass is 10.2.